The van der Waals surface area contributed by atoms with Crippen molar-refractivity contribution in [2.45, 2.75) is 424 Å². The highest BCUT2D eigenvalue weighted by molar-refractivity contribution is 5.70. The second-order valence-electron chi connectivity index (χ2n) is 28.0. The molecule has 0 aromatic rings. The summed E-state index contributed by atoms with van der Waals surface area (Å²) in [5.74, 6) is -2.24. The summed E-state index contributed by atoms with van der Waals surface area (Å²) in [6, 6.07) is 0. The zero-order valence-corrected chi connectivity index (χ0v) is 59.2. The van der Waals surface area contributed by atoms with E-state index in [-0.39, 0.29) is 32.2 Å². The smallest absolute Gasteiger partial charge is 0.306 e. The first kappa shape index (κ1) is 85.0. The standard InChI is InChI=1S/C78H151NO8/c1-6-8-10-12-14-16-18-20-22-24-26-28-30-32-34-35-36-37-38-39-40-41-43-45-47-49-51-53-55-57-59-61-63-65-67-69-76(81)87-74(73-86-78(77(82)83)84-71-70-79(3,4)5)72-85-75(80)68-66-64-62-60-58-56-54-52-50-48-46-44-42-33-31-29-27-25-23-21-19-17-15-13-11-9-7-2/h24,26,74,78H,6-23,25,27-73H2,1-5H3/b26-24-. The average Bonchev–Trinajstić information content (AvgIpc) is 3.56. The third-order valence-electron chi connectivity index (χ3n) is 18.0. The van der Waals surface area contributed by atoms with Crippen molar-refractivity contribution in [1.82, 2.24) is 0 Å². The number of nitrogens with zero attached hydrogens (tertiary/aromatic N) is 1. The van der Waals surface area contributed by atoms with Gasteiger partial charge < -0.3 is 33.3 Å². The fraction of sp³-hybridized carbons (Fsp3) is 0.936. The number of esters is 2. The SMILES string of the molecule is CCCCCCCCCC/C=C\CCCCCCCCCCCCCCCCCCCCCCCCCC(=O)OC(COC(=O)CCCCCCCCCCCCCCCCCCCCCCCCCCCCC)COC(OCC[N+](C)(C)C)C(=O)[O-]. The van der Waals surface area contributed by atoms with Crippen LogP contribution in [0.1, 0.15) is 412 Å². The van der Waals surface area contributed by atoms with Crippen LogP contribution in [0.2, 0.25) is 0 Å². The Morgan fingerprint density at radius 3 is 0.851 bits per heavy atom. The summed E-state index contributed by atoms with van der Waals surface area (Å²) >= 11 is 0. The molecule has 0 N–H and O–H groups in total. The maximum atomic E-state index is 13.0. The summed E-state index contributed by atoms with van der Waals surface area (Å²) in [4.78, 5) is 37.6. The first-order valence-electron chi connectivity index (χ1n) is 38.8. The lowest BCUT2D eigenvalue weighted by atomic mass is 10.0. The summed E-state index contributed by atoms with van der Waals surface area (Å²) in [6.07, 6.45) is 83.3. The van der Waals surface area contributed by atoms with E-state index in [0.717, 1.165) is 38.5 Å². The van der Waals surface area contributed by atoms with E-state index in [4.69, 9.17) is 18.9 Å². The molecule has 0 aromatic heterocycles. The van der Waals surface area contributed by atoms with Gasteiger partial charge in [0.25, 0.3) is 0 Å². The van der Waals surface area contributed by atoms with Crippen molar-refractivity contribution in [2.75, 3.05) is 47.5 Å². The minimum Gasteiger partial charge on any atom is -0.545 e. The highest BCUT2D eigenvalue weighted by Gasteiger charge is 2.22. The Balaban J connectivity index is 3.97. The van der Waals surface area contributed by atoms with Gasteiger partial charge in [0.2, 0.25) is 0 Å². The van der Waals surface area contributed by atoms with Crippen molar-refractivity contribution in [3.8, 4) is 0 Å². The molecule has 0 aliphatic rings. The number of allylic oxidation sites excluding steroid dienone is 2. The van der Waals surface area contributed by atoms with Gasteiger partial charge in [0, 0.05) is 12.8 Å². The van der Waals surface area contributed by atoms with E-state index in [1.807, 2.05) is 21.1 Å². The summed E-state index contributed by atoms with van der Waals surface area (Å²) in [5.41, 5.74) is 0. The number of quaternary nitrogens is 1. The second-order valence-corrected chi connectivity index (χ2v) is 28.0. The predicted molar refractivity (Wildman–Crippen MR) is 371 cm³/mol. The number of carboxylic acid groups (broad SMARTS) is 1. The van der Waals surface area contributed by atoms with Gasteiger partial charge in [0.15, 0.2) is 12.4 Å². The maximum Gasteiger partial charge on any atom is 0.306 e. The van der Waals surface area contributed by atoms with Crippen LogP contribution in [0.3, 0.4) is 0 Å². The van der Waals surface area contributed by atoms with Gasteiger partial charge in [-0.15, -0.1) is 0 Å². The van der Waals surface area contributed by atoms with Gasteiger partial charge in [-0.1, -0.05) is 373 Å². The second kappa shape index (κ2) is 69.9. The quantitative estimate of drug-likeness (QED) is 0.0195. The number of carbonyl (C=O) groups is 3. The normalized spacial score (nSPS) is 12.6. The maximum absolute atomic E-state index is 13.0. The Kier molecular flexibility index (Phi) is 68.3. The molecule has 9 heteroatoms. The van der Waals surface area contributed by atoms with Crippen molar-refractivity contribution in [2.24, 2.45) is 0 Å². The van der Waals surface area contributed by atoms with Crippen molar-refractivity contribution in [3.63, 3.8) is 0 Å². The molecule has 0 radical (unpaired) electrons. The molecule has 0 spiro atoms. The molecule has 0 saturated carbocycles. The summed E-state index contributed by atoms with van der Waals surface area (Å²) in [7, 11) is 5.95. The molecule has 87 heavy (non-hydrogen) atoms. The van der Waals surface area contributed by atoms with Crippen LogP contribution in [-0.2, 0) is 33.3 Å². The van der Waals surface area contributed by atoms with Crippen molar-refractivity contribution < 1.29 is 42.9 Å². The molecule has 2 unspecified atom stereocenters. The van der Waals surface area contributed by atoms with Gasteiger partial charge >= 0.3 is 11.9 Å². The number of hydrogen-bond donors (Lipinski definition) is 0. The van der Waals surface area contributed by atoms with E-state index in [0.29, 0.717) is 17.4 Å². The van der Waals surface area contributed by atoms with Gasteiger partial charge in [-0.3, -0.25) is 9.59 Å². The van der Waals surface area contributed by atoms with E-state index < -0.39 is 24.3 Å². The number of rotatable bonds is 74. The monoisotopic (exact) mass is 1230 g/mol. The molecule has 0 rings (SSSR count). The van der Waals surface area contributed by atoms with Gasteiger partial charge in [-0.05, 0) is 38.5 Å². The highest BCUT2D eigenvalue weighted by Crippen LogP contribution is 2.20. The van der Waals surface area contributed by atoms with Crippen LogP contribution < -0.4 is 5.11 Å². The Hall–Kier alpha value is -1.97. The van der Waals surface area contributed by atoms with Crippen molar-refractivity contribution in [3.05, 3.63) is 12.2 Å². The van der Waals surface area contributed by atoms with Crippen LogP contribution in [0, 0.1) is 0 Å². The molecule has 9 nitrogen and oxygen atoms in total. The lowest BCUT2D eigenvalue weighted by molar-refractivity contribution is -0.870. The Labute approximate surface area is 542 Å². The zero-order chi connectivity index (χ0) is 63.3. The molecule has 0 saturated heterocycles. The van der Waals surface area contributed by atoms with Gasteiger partial charge in [-0.25, -0.2) is 0 Å². The number of carbonyl (C=O) groups excluding carboxylic acids is 3. The molecule has 2 atom stereocenters. The number of hydrogen-bond acceptors (Lipinski definition) is 8. The van der Waals surface area contributed by atoms with Crippen LogP contribution in [0.25, 0.3) is 0 Å². The average molecular weight is 1230 g/mol. The molecule has 0 bridgehead atoms. The number of aliphatic carboxylic acids is 1. The van der Waals surface area contributed by atoms with Gasteiger partial charge in [-0.2, -0.15) is 0 Å². The molecule has 0 aromatic carbocycles. The Morgan fingerprint density at radius 1 is 0.333 bits per heavy atom. The number of unbranched alkanes of at least 4 members (excludes halogenated alkanes) is 57. The number of likely N-dealkylation sites (N-methyl/N-ethyl adjacent to an activating group) is 1. The summed E-state index contributed by atoms with van der Waals surface area (Å²) in [6.45, 7) is 4.84. The van der Waals surface area contributed by atoms with Crippen LogP contribution in [0.5, 0.6) is 0 Å². The first-order valence-corrected chi connectivity index (χ1v) is 38.8. The first-order chi connectivity index (χ1) is 42.6. The van der Waals surface area contributed by atoms with Crippen LogP contribution in [0.4, 0.5) is 0 Å². The molecule has 0 aliphatic carbocycles. The molecule has 0 fully saturated rings. The fourth-order valence-corrected chi connectivity index (χ4v) is 12.1. The van der Waals surface area contributed by atoms with Crippen molar-refractivity contribution in [1.29, 1.82) is 0 Å². The van der Waals surface area contributed by atoms with Gasteiger partial charge in [0.05, 0.1) is 40.3 Å². The predicted octanol–water partition coefficient (Wildman–Crippen LogP) is 23.0. The molecule has 0 heterocycles. The van der Waals surface area contributed by atoms with Crippen LogP contribution >= 0.6 is 0 Å². The summed E-state index contributed by atoms with van der Waals surface area (Å²) < 4.78 is 22.9. The number of carboxylic acids is 1. The Bertz CT molecular complexity index is 1430. The third kappa shape index (κ3) is 71.3. The number of ether oxygens (including phenoxy) is 4. The highest BCUT2D eigenvalue weighted by atomic mass is 16.7. The van der Waals surface area contributed by atoms with Gasteiger partial charge in [0.1, 0.15) is 13.2 Å². The third-order valence-corrected chi connectivity index (χ3v) is 18.0. The van der Waals surface area contributed by atoms with E-state index in [9.17, 15) is 19.5 Å². The minimum atomic E-state index is -1.62. The molecule has 0 amide bonds. The Morgan fingerprint density at radius 2 is 0.586 bits per heavy atom. The summed E-state index contributed by atoms with van der Waals surface area (Å²) in [5, 5.41) is 11.8. The van der Waals surface area contributed by atoms with Crippen molar-refractivity contribution >= 4 is 17.9 Å². The van der Waals surface area contributed by atoms with E-state index in [1.165, 1.54) is 347 Å². The topological polar surface area (TPSA) is 111 Å². The molecule has 0 aliphatic heterocycles. The largest absolute Gasteiger partial charge is 0.545 e. The van der Waals surface area contributed by atoms with E-state index in [1.54, 1.807) is 0 Å². The van der Waals surface area contributed by atoms with E-state index >= 15 is 0 Å². The molecule has 516 valence electrons. The fourth-order valence-electron chi connectivity index (χ4n) is 12.1. The molecular weight excluding hydrogens is 1080 g/mol. The minimum absolute atomic E-state index is 0.153. The van der Waals surface area contributed by atoms with Crippen LogP contribution in [0.15, 0.2) is 12.2 Å². The van der Waals surface area contributed by atoms with E-state index in [2.05, 4.69) is 26.0 Å². The lowest BCUT2D eigenvalue weighted by Crippen LogP contribution is -2.44. The molecular formula is C78H151NO8. The zero-order valence-electron chi connectivity index (χ0n) is 59.2. The lowest BCUT2D eigenvalue weighted by Gasteiger charge is -2.26. The van der Waals surface area contributed by atoms with Crippen LogP contribution in [-0.4, -0.2) is 82.3 Å².